The molecular formula is C26H28O16. The zero-order valence-corrected chi connectivity index (χ0v) is 21.5. The van der Waals surface area contributed by atoms with Crippen LogP contribution < -0.4 is 14.9 Å². The van der Waals surface area contributed by atoms with Gasteiger partial charge in [0.05, 0.1) is 25.2 Å². The number of phenolic OH excluding ortho intramolecular Hbond substituents is 3. The van der Waals surface area contributed by atoms with Crippen molar-refractivity contribution in [2.45, 2.75) is 48.7 Å². The highest BCUT2D eigenvalue weighted by Gasteiger charge is 2.49. The lowest BCUT2D eigenvalue weighted by atomic mass is 9.99. The molecule has 0 spiro atoms. The summed E-state index contributed by atoms with van der Waals surface area (Å²) in [4.78, 5) is 13.5. The van der Waals surface area contributed by atoms with Crippen LogP contribution in [0.3, 0.4) is 0 Å². The van der Waals surface area contributed by atoms with Crippen LogP contribution in [0.4, 0.5) is 0 Å². The van der Waals surface area contributed by atoms with Gasteiger partial charge in [-0.25, -0.2) is 0 Å². The molecule has 0 aliphatic carbocycles. The Hall–Kier alpha value is -3.71. The van der Waals surface area contributed by atoms with Crippen molar-refractivity contribution in [1.82, 2.24) is 0 Å². The van der Waals surface area contributed by atoms with Crippen molar-refractivity contribution in [2.75, 3.05) is 19.8 Å². The van der Waals surface area contributed by atoms with Crippen LogP contribution in [0.5, 0.6) is 28.7 Å². The third-order valence-electron chi connectivity index (χ3n) is 7.07. The molecule has 2 aromatic carbocycles. The number of ether oxygens (including phenoxy) is 4. The summed E-state index contributed by atoms with van der Waals surface area (Å²) in [5, 5.41) is 100. The third kappa shape index (κ3) is 5.08. The second-order valence-corrected chi connectivity index (χ2v) is 9.93. The van der Waals surface area contributed by atoms with Gasteiger partial charge in [-0.15, -0.1) is 0 Å². The summed E-state index contributed by atoms with van der Waals surface area (Å²) in [6.07, 6.45) is -11.8. The van der Waals surface area contributed by atoms with E-state index in [1.807, 2.05) is 0 Å². The van der Waals surface area contributed by atoms with Crippen LogP contribution in [-0.2, 0) is 9.47 Å². The molecule has 0 saturated carbocycles. The van der Waals surface area contributed by atoms with Gasteiger partial charge in [0, 0.05) is 11.6 Å². The molecule has 3 heterocycles. The van der Waals surface area contributed by atoms with Crippen molar-refractivity contribution in [1.29, 1.82) is 0 Å². The molecule has 2 aliphatic heterocycles. The topological polar surface area (TPSA) is 269 Å². The molecule has 5 rings (SSSR count). The van der Waals surface area contributed by atoms with Crippen LogP contribution in [0.15, 0.2) is 39.5 Å². The lowest BCUT2D eigenvalue weighted by Crippen LogP contribution is -2.60. The minimum atomic E-state index is -1.98. The molecule has 2 saturated heterocycles. The Morgan fingerprint density at radius 1 is 0.881 bits per heavy atom. The molecule has 0 amide bonds. The Kier molecular flexibility index (Phi) is 7.92. The summed E-state index contributed by atoms with van der Waals surface area (Å²) in [5.74, 6) is -3.13. The highest BCUT2D eigenvalue weighted by Crippen LogP contribution is 2.40. The van der Waals surface area contributed by atoms with Crippen LogP contribution in [0.25, 0.3) is 22.3 Å². The fourth-order valence-corrected chi connectivity index (χ4v) is 4.56. The normalized spacial score (nSPS) is 31.4. The van der Waals surface area contributed by atoms with Gasteiger partial charge in [-0.1, -0.05) is 0 Å². The molecule has 0 bridgehead atoms. The van der Waals surface area contributed by atoms with Crippen LogP contribution in [-0.4, -0.2) is 120 Å². The number of aliphatic hydroxyl groups excluding tert-OH is 6. The number of phenols is 3. The van der Waals surface area contributed by atoms with E-state index < -0.39 is 96.9 Å². The van der Waals surface area contributed by atoms with Crippen molar-refractivity contribution in [2.24, 2.45) is 0 Å². The molecule has 2 aliphatic rings. The smallest absolute Gasteiger partial charge is 0.235 e. The minimum Gasteiger partial charge on any atom is -0.504 e. The lowest BCUT2D eigenvalue weighted by Gasteiger charge is -2.39. The van der Waals surface area contributed by atoms with E-state index in [9.17, 15) is 55.9 Å². The number of aromatic hydroxyl groups is 3. The SMILES string of the molecule is O=c1c(O[C@@H]2O[C@H](CO)[C@@H](O)[C@H](O)[C@H]2O)c(-c2ccc(O[C@@H]3OC[C@@](O)(CO)[C@H]3O)c(O)c2)oc2cc(O)c(O)cc12. The average Bonchev–Trinajstić information content (AvgIpc) is 3.25. The Balaban J connectivity index is 1.55. The van der Waals surface area contributed by atoms with Gasteiger partial charge in [0.15, 0.2) is 28.8 Å². The second-order valence-electron chi connectivity index (χ2n) is 9.93. The molecule has 16 nitrogen and oxygen atoms in total. The lowest BCUT2D eigenvalue weighted by molar-refractivity contribution is -0.277. The van der Waals surface area contributed by atoms with Gasteiger partial charge in [0.2, 0.25) is 23.8 Å². The molecule has 3 aromatic rings. The fraction of sp³-hybridized carbons (Fsp3) is 0.423. The molecule has 10 N–H and O–H groups in total. The standard InChI is InChI=1S/C26H28O16/c27-6-16-18(33)19(34)20(35)24(41-16)42-22-17(32)10-4-11(29)12(30)5-15(10)39-21(22)9-1-2-14(13(31)3-9)40-25-23(36)26(37,7-28)8-38-25/h1-5,16,18-20,23-25,27-31,33-37H,6-8H2/t16-,18-,19+,20-,23+,24+,25+,26+/m1/s1. The van der Waals surface area contributed by atoms with E-state index in [0.717, 1.165) is 18.2 Å². The first-order chi connectivity index (χ1) is 19.9. The van der Waals surface area contributed by atoms with Crippen LogP contribution in [0.2, 0.25) is 0 Å². The first-order valence-corrected chi connectivity index (χ1v) is 12.5. The monoisotopic (exact) mass is 596 g/mol. The van der Waals surface area contributed by atoms with Crippen molar-refractivity contribution in [3.63, 3.8) is 0 Å². The van der Waals surface area contributed by atoms with E-state index in [-0.39, 0.29) is 28.0 Å². The predicted octanol–water partition coefficient (Wildman–Crippen LogP) is -2.43. The van der Waals surface area contributed by atoms with Crippen molar-refractivity contribution >= 4 is 11.0 Å². The van der Waals surface area contributed by atoms with Gasteiger partial charge in [-0.3, -0.25) is 4.79 Å². The van der Waals surface area contributed by atoms with E-state index in [0.29, 0.717) is 0 Å². The van der Waals surface area contributed by atoms with Crippen LogP contribution >= 0.6 is 0 Å². The summed E-state index contributed by atoms with van der Waals surface area (Å²) < 4.78 is 27.4. The molecule has 16 heteroatoms. The Morgan fingerprint density at radius 2 is 1.60 bits per heavy atom. The largest absolute Gasteiger partial charge is 0.504 e. The second kappa shape index (κ2) is 11.2. The number of fused-ring (bicyclic) bond motifs is 1. The van der Waals surface area contributed by atoms with Gasteiger partial charge in [-0.05, 0) is 24.3 Å². The fourth-order valence-electron chi connectivity index (χ4n) is 4.56. The number of hydrogen-bond acceptors (Lipinski definition) is 16. The highest BCUT2D eigenvalue weighted by atomic mass is 16.7. The minimum absolute atomic E-state index is 0.0363. The maximum absolute atomic E-state index is 13.5. The van der Waals surface area contributed by atoms with Gasteiger partial charge >= 0.3 is 0 Å². The highest BCUT2D eigenvalue weighted by molar-refractivity contribution is 5.85. The van der Waals surface area contributed by atoms with Crippen LogP contribution in [0, 0.1) is 0 Å². The summed E-state index contributed by atoms with van der Waals surface area (Å²) >= 11 is 0. The molecule has 0 radical (unpaired) electrons. The maximum atomic E-state index is 13.5. The van der Waals surface area contributed by atoms with Gasteiger partial charge in [-0.2, -0.15) is 0 Å². The summed E-state index contributed by atoms with van der Waals surface area (Å²) in [6.45, 7) is -2.04. The maximum Gasteiger partial charge on any atom is 0.235 e. The Labute approximate surface area is 235 Å². The van der Waals surface area contributed by atoms with E-state index in [4.69, 9.17) is 23.4 Å². The zero-order valence-electron chi connectivity index (χ0n) is 21.5. The van der Waals surface area contributed by atoms with Crippen molar-refractivity contribution < 1.29 is 74.4 Å². The summed E-state index contributed by atoms with van der Waals surface area (Å²) in [7, 11) is 0. The number of benzene rings is 2. The van der Waals surface area contributed by atoms with Crippen molar-refractivity contribution in [3.05, 3.63) is 40.6 Å². The van der Waals surface area contributed by atoms with Gasteiger partial charge < -0.3 is 74.4 Å². The average molecular weight is 596 g/mol. The molecular weight excluding hydrogens is 568 g/mol. The summed E-state index contributed by atoms with van der Waals surface area (Å²) in [6, 6.07) is 5.37. The predicted molar refractivity (Wildman–Crippen MR) is 136 cm³/mol. The van der Waals surface area contributed by atoms with Gasteiger partial charge in [0.1, 0.15) is 41.7 Å². The van der Waals surface area contributed by atoms with E-state index in [1.165, 1.54) is 12.1 Å². The van der Waals surface area contributed by atoms with E-state index in [1.54, 1.807) is 0 Å². The number of rotatable bonds is 7. The van der Waals surface area contributed by atoms with E-state index >= 15 is 0 Å². The molecule has 2 fully saturated rings. The van der Waals surface area contributed by atoms with Crippen molar-refractivity contribution in [3.8, 4) is 40.1 Å². The Bertz CT molecular complexity index is 1520. The zero-order chi connectivity index (χ0) is 30.5. The first kappa shape index (κ1) is 29.8. The Morgan fingerprint density at radius 3 is 2.24 bits per heavy atom. The number of aliphatic hydroxyl groups is 7. The quantitative estimate of drug-likeness (QED) is 0.127. The first-order valence-electron chi connectivity index (χ1n) is 12.5. The molecule has 228 valence electrons. The molecule has 1 aromatic heterocycles. The van der Waals surface area contributed by atoms with Gasteiger partial charge in [0.25, 0.3) is 0 Å². The van der Waals surface area contributed by atoms with E-state index in [2.05, 4.69) is 0 Å². The van der Waals surface area contributed by atoms with Crippen LogP contribution in [0.1, 0.15) is 0 Å². The molecule has 42 heavy (non-hydrogen) atoms. The summed E-state index contributed by atoms with van der Waals surface area (Å²) in [5.41, 5.74) is -3.18. The molecule has 8 atom stereocenters. The third-order valence-corrected chi connectivity index (χ3v) is 7.07. The number of hydrogen-bond donors (Lipinski definition) is 10. The molecule has 0 unspecified atom stereocenters.